The molecule has 1 saturated heterocycles. The zero-order valence-electron chi connectivity index (χ0n) is 17.0. The van der Waals surface area contributed by atoms with Gasteiger partial charge in [-0.1, -0.05) is 34.4 Å². The van der Waals surface area contributed by atoms with Crippen LogP contribution in [0.3, 0.4) is 0 Å². The lowest BCUT2D eigenvalue weighted by Crippen LogP contribution is -2.41. The molecular formula is C24H18Cl2N2O4. The highest BCUT2D eigenvalue weighted by Gasteiger charge is 2.70. The number of carbonyl (C=O) groups is 3. The van der Waals surface area contributed by atoms with Crippen LogP contribution in [-0.2, 0) is 14.4 Å². The number of hydrogen-bond acceptors (Lipinski definition) is 5. The highest BCUT2D eigenvalue weighted by molar-refractivity contribution is 6.37. The third-order valence-corrected chi connectivity index (χ3v) is 7.98. The van der Waals surface area contributed by atoms with Crippen LogP contribution in [0, 0.1) is 29.6 Å². The number of anilines is 1. The zero-order chi connectivity index (χ0) is 22.3. The molecule has 4 aliphatic rings. The third-order valence-electron chi connectivity index (χ3n) is 7.43. The Morgan fingerprint density at radius 3 is 2.34 bits per heavy atom. The van der Waals surface area contributed by atoms with Gasteiger partial charge in [0.2, 0.25) is 11.8 Å². The number of rotatable bonds is 3. The first kappa shape index (κ1) is 19.9. The summed E-state index contributed by atoms with van der Waals surface area (Å²) in [6, 6.07) is 11.9. The van der Waals surface area contributed by atoms with Gasteiger partial charge in [-0.15, -0.1) is 0 Å². The quantitative estimate of drug-likeness (QED) is 0.494. The van der Waals surface area contributed by atoms with Gasteiger partial charge < -0.3 is 4.84 Å². The lowest BCUT2D eigenvalue weighted by molar-refractivity contribution is -0.125. The summed E-state index contributed by atoms with van der Waals surface area (Å²) in [6.45, 7) is 1.48. The molecule has 2 aliphatic carbocycles. The van der Waals surface area contributed by atoms with E-state index in [9.17, 15) is 14.4 Å². The van der Waals surface area contributed by atoms with Crippen LogP contribution >= 0.6 is 23.2 Å². The SMILES string of the molecule is CC(=O)c1ccc(N2C(=O)[C@H]3[C@@H]4C[C@H]([C@H]5C(c6ccc(Cl)cc6Cl)=NO[C@H]45)[C@@H]3C2=O)cc1. The van der Waals surface area contributed by atoms with Crippen molar-refractivity contribution in [2.75, 3.05) is 4.90 Å². The molecule has 162 valence electrons. The van der Waals surface area contributed by atoms with E-state index in [-0.39, 0.29) is 41.5 Å². The number of Topliss-reactive ketones (excluding diaryl/α,β-unsaturated/α-hetero) is 1. The summed E-state index contributed by atoms with van der Waals surface area (Å²) >= 11 is 12.5. The third kappa shape index (κ3) is 2.60. The first-order valence-corrected chi connectivity index (χ1v) is 11.3. The van der Waals surface area contributed by atoms with Crippen molar-refractivity contribution in [1.29, 1.82) is 0 Å². The van der Waals surface area contributed by atoms with Crippen LogP contribution in [0.2, 0.25) is 10.0 Å². The molecule has 0 N–H and O–H groups in total. The van der Waals surface area contributed by atoms with E-state index in [1.165, 1.54) is 11.8 Å². The Hall–Kier alpha value is -2.70. The predicted molar refractivity (Wildman–Crippen MR) is 119 cm³/mol. The van der Waals surface area contributed by atoms with Crippen LogP contribution in [0.5, 0.6) is 0 Å². The Morgan fingerprint density at radius 1 is 1.00 bits per heavy atom. The van der Waals surface area contributed by atoms with Crippen LogP contribution in [0.15, 0.2) is 47.6 Å². The van der Waals surface area contributed by atoms with Crippen molar-refractivity contribution in [1.82, 2.24) is 0 Å². The maximum Gasteiger partial charge on any atom is 0.238 e. The molecule has 2 aliphatic heterocycles. The number of amides is 2. The molecule has 0 spiro atoms. The van der Waals surface area contributed by atoms with Gasteiger partial charge in [0, 0.05) is 28.0 Å². The Labute approximate surface area is 194 Å². The molecular weight excluding hydrogens is 451 g/mol. The zero-order valence-corrected chi connectivity index (χ0v) is 18.5. The average Bonchev–Trinajstić information content (AvgIpc) is 3.49. The van der Waals surface area contributed by atoms with E-state index < -0.39 is 11.8 Å². The van der Waals surface area contributed by atoms with Crippen molar-refractivity contribution in [2.45, 2.75) is 19.4 Å². The number of carbonyl (C=O) groups excluding carboxylic acids is 3. The second-order valence-electron chi connectivity index (χ2n) is 8.93. The maximum absolute atomic E-state index is 13.5. The molecule has 0 radical (unpaired) electrons. The monoisotopic (exact) mass is 468 g/mol. The molecule has 3 fully saturated rings. The summed E-state index contributed by atoms with van der Waals surface area (Å²) < 4.78 is 0. The van der Waals surface area contributed by atoms with Gasteiger partial charge in [-0.05, 0) is 55.7 Å². The average molecular weight is 469 g/mol. The number of fused-ring (bicyclic) bond motifs is 8. The molecule has 6 rings (SSSR count). The van der Waals surface area contributed by atoms with Gasteiger partial charge in [0.05, 0.1) is 28.3 Å². The largest absolute Gasteiger partial charge is 0.391 e. The Morgan fingerprint density at radius 2 is 1.69 bits per heavy atom. The molecule has 0 aromatic heterocycles. The Bertz CT molecular complexity index is 1230. The Kier molecular flexibility index (Phi) is 4.30. The van der Waals surface area contributed by atoms with Crippen molar-refractivity contribution in [2.24, 2.45) is 34.7 Å². The highest BCUT2D eigenvalue weighted by Crippen LogP contribution is 2.62. The number of imide groups is 1. The van der Waals surface area contributed by atoms with E-state index in [1.54, 1.807) is 36.4 Å². The van der Waals surface area contributed by atoms with E-state index >= 15 is 0 Å². The second kappa shape index (κ2) is 6.90. The molecule has 2 bridgehead atoms. The van der Waals surface area contributed by atoms with E-state index in [2.05, 4.69) is 5.16 Å². The number of hydrogen-bond donors (Lipinski definition) is 0. The molecule has 6 atom stereocenters. The molecule has 2 heterocycles. The fraction of sp³-hybridized carbons (Fsp3) is 0.333. The van der Waals surface area contributed by atoms with Crippen molar-refractivity contribution in [3.63, 3.8) is 0 Å². The number of oxime groups is 1. The van der Waals surface area contributed by atoms with Crippen LogP contribution in [0.4, 0.5) is 5.69 Å². The smallest absolute Gasteiger partial charge is 0.238 e. The van der Waals surface area contributed by atoms with E-state index in [0.717, 1.165) is 17.7 Å². The molecule has 0 unspecified atom stereocenters. The van der Waals surface area contributed by atoms with Crippen LogP contribution in [0.25, 0.3) is 0 Å². The second-order valence-corrected chi connectivity index (χ2v) is 9.77. The van der Waals surface area contributed by atoms with Gasteiger partial charge >= 0.3 is 0 Å². The minimum Gasteiger partial charge on any atom is -0.391 e. The van der Waals surface area contributed by atoms with Gasteiger partial charge in [-0.2, -0.15) is 0 Å². The number of halogens is 2. The van der Waals surface area contributed by atoms with Crippen molar-refractivity contribution in [3.05, 3.63) is 63.6 Å². The van der Waals surface area contributed by atoms with Gasteiger partial charge in [0.15, 0.2) is 5.78 Å². The number of nitrogens with zero attached hydrogens (tertiary/aromatic N) is 2. The van der Waals surface area contributed by atoms with Gasteiger partial charge in [-0.25, -0.2) is 0 Å². The predicted octanol–water partition coefficient (Wildman–Crippen LogP) is 4.37. The minimum absolute atomic E-state index is 0.0408. The normalized spacial score (nSPS) is 32.1. The lowest BCUT2D eigenvalue weighted by Gasteiger charge is -2.30. The molecule has 8 heteroatoms. The van der Waals surface area contributed by atoms with Gasteiger partial charge in [0.25, 0.3) is 0 Å². The summed E-state index contributed by atoms with van der Waals surface area (Å²) in [5, 5.41) is 5.34. The van der Waals surface area contributed by atoms with Crippen LogP contribution in [-0.4, -0.2) is 29.4 Å². The summed E-state index contributed by atoms with van der Waals surface area (Å²) in [5.74, 6) is -1.45. The van der Waals surface area contributed by atoms with Gasteiger partial charge in [0.1, 0.15) is 6.10 Å². The van der Waals surface area contributed by atoms with E-state index in [4.69, 9.17) is 28.0 Å². The summed E-state index contributed by atoms with van der Waals surface area (Å²) in [7, 11) is 0. The molecule has 2 saturated carbocycles. The first-order chi connectivity index (χ1) is 15.4. The standard InChI is InChI=1S/C24H18Cl2N2O4/c1-10(29)11-2-5-13(6-3-11)28-23(30)18-15-9-16(19(18)24(28)31)22-20(15)21(27-32-22)14-7-4-12(25)8-17(14)26/h2-8,15-16,18-20,22H,9H2,1H3/t15-,16-,18-,19-,20-,22+/m0/s1. The highest BCUT2D eigenvalue weighted by atomic mass is 35.5. The summed E-state index contributed by atoms with van der Waals surface area (Å²) in [4.78, 5) is 45.5. The topological polar surface area (TPSA) is 76.0 Å². The molecule has 2 aromatic carbocycles. The van der Waals surface area contributed by atoms with Crippen LogP contribution < -0.4 is 4.90 Å². The maximum atomic E-state index is 13.5. The molecule has 2 aromatic rings. The molecule has 32 heavy (non-hydrogen) atoms. The molecule has 6 nitrogen and oxygen atoms in total. The lowest BCUT2D eigenvalue weighted by atomic mass is 9.71. The van der Waals surface area contributed by atoms with Crippen molar-refractivity contribution >= 4 is 52.2 Å². The van der Waals surface area contributed by atoms with Crippen LogP contribution in [0.1, 0.15) is 29.3 Å². The van der Waals surface area contributed by atoms with Crippen molar-refractivity contribution in [3.8, 4) is 0 Å². The summed E-state index contributed by atoms with van der Waals surface area (Å²) in [5.41, 5.74) is 2.52. The minimum atomic E-state index is -0.406. The fourth-order valence-electron chi connectivity index (χ4n) is 6.14. The summed E-state index contributed by atoms with van der Waals surface area (Å²) in [6.07, 6.45) is 0.517. The molecule has 2 amide bonds. The van der Waals surface area contributed by atoms with Crippen molar-refractivity contribution < 1.29 is 19.2 Å². The fourth-order valence-corrected chi connectivity index (χ4v) is 6.65. The van der Waals surface area contributed by atoms with Gasteiger partial charge in [-0.3, -0.25) is 19.3 Å². The van der Waals surface area contributed by atoms with E-state index in [1.807, 2.05) is 6.07 Å². The number of ketones is 1. The van der Waals surface area contributed by atoms with E-state index in [0.29, 0.717) is 21.3 Å². The Balaban J connectivity index is 1.33. The number of benzene rings is 2. The first-order valence-electron chi connectivity index (χ1n) is 10.5.